The molecule has 0 bridgehead atoms. The van der Waals surface area contributed by atoms with Crippen LogP contribution in [0.4, 0.5) is 0 Å². The smallest absolute Gasteiger partial charge is 0.319 e. The summed E-state index contributed by atoms with van der Waals surface area (Å²) in [5, 5.41) is 0. The van der Waals surface area contributed by atoms with Crippen molar-refractivity contribution in [3.05, 3.63) is 0 Å². The summed E-state index contributed by atoms with van der Waals surface area (Å²) in [5.74, 6) is -1.58. The van der Waals surface area contributed by atoms with Crippen LogP contribution in [0, 0.1) is 10.8 Å². The molecule has 0 N–H and O–H groups in total. The molecule has 1 rings (SSSR count). The lowest BCUT2D eigenvalue weighted by Gasteiger charge is -2.38. The molecule has 1 aliphatic carbocycles. The molecular formula is C12H18O5. The van der Waals surface area contributed by atoms with E-state index in [9.17, 15) is 14.4 Å². The minimum absolute atomic E-state index is 0.407. The van der Waals surface area contributed by atoms with Crippen LogP contribution in [-0.2, 0) is 23.9 Å². The van der Waals surface area contributed by atoms with Gasteiger partial charge in [0.15, 0.2) is 5.78 Å². The number of carbonyl (C=O) groups is 3. The van der Waals surface area contributed by atoms with Crippen molar-refractivity contribution in [2.75, 3.05) is 14.2 Å². The highest BCUT2D eigenvalue weighted by Crippen LogP contribution is 2.44. The van der Waals surface area contributed by atoms with Crippen LogP contribution in [0.25, 0.3) is 0 Å². The van der Waals surface area contributed by atoms with E-state index in [1.807, 2.05) is 0 Å². The minimum Gasteiger partial charge on any atom is -0.468 e. The molecule has 0 amide bonds. The molecule has 96 valence electrons. The van der Waals surface area contributed by atoms with Crippen LogP contribution in [0.3, 0.4) is 0 Å². The zero-order chi connectivity index (χ0) is 13.3. The predicted molar refractivity (Wildman–Crippen MR) is 59.1 cm³/mol. The third kappa shape index (κ3) is 1.94. The lowest BCUT2D eigenvalue weighted by Crippen LogP contribution is -2.52. The minimum atomic E-state index is -1.24. The van der Waals surface area contributed by atoms with Gasteiger partial charge < -0.3 is 9.47 Å². The fraction of sp³-hybridized carbons (Fsp3) is 0.750. The molecule has 0 aromatic carbocycles. The van der Waals surface area contributed by atoms with E-state index in [1.54, 1.807) is 0 Å². The van der Waals surface area contributed by atoms with Crippen molar-refractivity contribution < 1.29 is 23.9 Å². The van der Waals surface area contributed by atoms with E-state index in [0.717, 1.165) is 0 Å². The van der Waals surface area contributed by atoms with Crippen molar-refractivity contribution in [1.29, 1.82) is 0 Å². The Morgan fingerprint density at radius 3 is 1.65 bits per heavy atom. The summed E-state index contributed by atoms with van der Waals surface area (Å²) >= 11 is 0. The monoisotopic (exact) mass is 242 g/mol. The molecule has 1 fully saturated rings. The molecule has 2 unspecified atom stereocenters. The first kappa shape index (κ1) is 13.7. The van der Waals surface area contributed by atoms with Crippen molar-refractivity contribution in [3.63, 3.8) is 0 Å². The number of ketones is 1. The van der Waals surface area contributed by atoms with Gasteiger partial charge >= 0.3 is 11.9 Å². The molecule has 1 saturated carbocycles. The van der Waals surface area contributed by atoms with Gasteiger partial charge in [-0.2, -0.15) is 0 Å². The molecule has 0 radical (unpaired) electrons. The standard InChI is InChI=1S/C12H18O5/c1-11(9(14)16-3)6-5-7-12(2,8(11)13)10(15)17-4/h5-7H2,1-4H3. The summed E-state index contributed by atoms with van der Waals surface area (Å²) in [5.41, 5.74) is -2.48. The molecule has 0 heterocycles. The van der Waals surface area contributed by atoms with Gasteiger partial charge in [-0.1, -0.05) is 6.42 Å². The molecule has 17 heavy (non-hydrogen) atoms. The van der Waals surface area contributed by atoms with Crippen LogP contribution >= 0.6 is 0 Å². The summed E-state index contributed by atoms with van der Waals surface area (Å²) < 4.78 is 9.32. The molecule has 5 nitrogen and oxygen atoms in total. The first-order chi connectivity index (χ1) is 7.82. The van der Waals surface area contributed by atoms with E-state index in [2.05, 4.69) is 9.47 Å². The Kier molecular flexibility index (Phi) is 3.59. The summed E-state index contributed by atoms with van der Waals surface area (Å²) in [6.07, 6.45) is 1.43. The van der Waals surface area contributed by atoms with Gasteiger partial charge in [0.1, 0.15) is 10.8 Å². The second-order valence-electron chi connectivity index (χ2n) is 4.83. The van der Waals surface area contributed by atoms with Gasteiger partial charge in [0.2, 0.25) is 0 Å². The van der Waals surface area contributed by atoms with Crippen LogP contribution < -0.4 is 0 Å². The van der Waals surface area contributed by atoms with Crippen molar-refractivity contribution in [2.45, 2.75) is 33.1 Å². The normalized spacial score (nSPS) is 33.1. The molecule has 0 spiro atoms. The highest BCUT2D eigenvalue weighted by atomic mass is 16.5. The quantitative estimate of drug-likeness (QED) is 0.535. The first-order valence-electron chi connectivity index (χ1n) is 5.54. The SMILES string of the molecule is COC(=O)C1(C)CCCC(C)(C(=O)OC)C1=O. The Labute approximate surface area is 100 Å². The topological polar surface area (TPSA) is 69.7 Å². The number of methoxy groups -OCH3 is 2. The summed E-state index contributed by atoms with van der Waals surface area (Å²) in [6.45, 7) is 3.06. The average molecular weight is 242 g/mol. The lowest BCUT2D eigenvalue weighted by molar-refractivity contribution is -0.171. The van der Waals surface area contributed by atoms with E-state index in [1.165, 1.54) is 28.1 Å². The van der Waals surface area contributed by atoms with E-state index in [4.69, 9.17) is 0 Å². The molecule has 0 aromatic heterocycles. The lowest BCUT2D eigenvalue weighted by atomic mass is 9.62. The molecule has 0 aromatic rings. The fourth-order valence-electron chi connectivity index (χ4n) is 2.47. The maximum Gasteiger partial charge on any atom is 0.319 e. The predicted octanol–water partition coefficient (Wildman–Crippen LogP) is 1.10. The number of hydrogen-bond acceptors (Lipinski definition) is 5. The summed E-state index contributed by atoms with van der Waals surface area (Å²) in [4.78, 5) is 35.8. The van der Waals surface area contributed by atoms with Crippen molar-refractivity contribution in [3.8, 4) is 0 Å². The van der Waals surface area contributed by atoms with Gasteiger partial charge in [0.05, 0.1) is 14.2 Å². The molecular weight excluding hydrogens is 224 g/mol. The van der Waals surface area contributed by atoms with Gasteiger partial charge in [-0.15, -0.1) is 0 Å². The third-order valence-electron chi connectivity index (χ3n) is 3.63. The second-order valence-corrected chi connectivity index (χ2v) is 4.83. The molecule has 0 saturated heterocycles. The first-order valence-corrected chi connectivity index (χ1v) is 5.54. The van der Waals surface area contributed by atoms with Gasteiger partial charge in [-0.05, 0) is 26.7 Å². The Morgan fingerprint density at radius 2 is 1.35 bits per heavy atom. The second kappa shape index (κ2) is 4.47. The van der Waals surface area contributed by atoms with E-state index in [-0.39, 0.29) is 0 Å². The Morgan fingerprint density at radius 1 is 1.00 bits per heavy atom. The van der Waals surface area contributed by atoms with Crippen LogP contribution in [0.5, 0.6) is 0 Å². The summed E-state index contributed by atoms with van der Waals surface area (Å²) in [7, 11) is 2.48. The Bertz CT molecular complexity index is 330. The zero-order valence-electron chi connectivity index (χ0n) is 10.7. The van der Waals surface area contributed by atoms with Crippen LogP contribution in [0.2, 0.25) is 0 Å². The third-order valence-corrected chi connectivity index (χ3v) is 3.63. The largest absolute Gasteiger partial charge is 0.468 e. The fourth-order valence-corrected chi connectivity index (χ4v) is 2.47. The van der Waals surface area contributed by atoms with Crippen molar-refractivity contribution in [2.24, 2.45) is 10.8 Å². The van der Waals surface area contributed by atoms with E-state index >= 15 is 0 Å². The number of carbonyl (C=O) groups excluding carboxylic acids is 3. The molecule has 5 heteroatoms. The van der Waals surface area contributed by atoms with E-state index < -0.39 is 28.6 Å². The highest BCUT2D eigenvalue weighted by Gasteiger charge is 2.57. The van der Waals surface area contributed by atoms with Crippen LogP contribution in [-0.4, -0.2) is 31.9 Å². The highest BCUT2D eigenvalue weighted by molar-refractivity contribution is 6.14. The Balaban J connectivity index is 3.13. The molecule has 2 atom stereocenters. The number of hydrogen-bond donors (Lipinski definition) is 0. The summed E-state index contributed by atoms with van der Waals surface area (Å²) in [6, 6.07) is 0. The molecule has 1 aliphatic rings. The number of rotatable bonds is 2. The molecule has 0 aliphatic heterocycles. The number of Topliss-reactive ketones (excluding diaryl/α,β-unsaturated/α-hetero) is 1. The van der Waals surface area contributed by atoms with E-state index in [0.29, 0.717) is 19.3 Å². The number of ether oxygens (including phenoxy) is 2. The Hall–Kier alpha value is -1.39. The number of esters is 2. The zero-order valence-corrected chi connectivity index (χ0v) is 10.7. The maximum atomic E-state index is 12.4. The maximum absolute atomic E-state index is 12.4. The van der Waals surface area contributed by atoms with Crippen molar-refractivity contribution in [1.82, 2.24) is 0 Å². The van der Waals surface area contributed by atoms with Crippen LogP contribution in [0.15, 0.2) is 0 Å². The van der Waals surface area contributed by atoms with Gasteiger partial charge in [-0.3, -0.25) is 14.4 Å². The van der Waals surface area contributed by atoms with Gasteiger partial charge in [-0.25, -0.2) is 0 Å². The average Bonchev–Trinajstić information content (AvgIpc) is 2.33. The van der Waals surface area contributed by atoms with Gasteiger partial charge in [0.25, 0.3) is 0 Å². The van der Waals surface area contributed by atoms with Crippen LogP contribution in [0.1, 0.15) is 33.1 Å². The van der Waals surface area contributed by atoms with Crippen molar-refractivity contribution >= 4 is 17.7 Å². The van der Waals surface area contributed by atoms with Gasteiger partial charge in [0, 0.05) is 0 Å².